The minimum Gasteiger partial charge on any atom is -0.493 e. The van der Waals surface area contributed by atoms with Crippen molar-refractivity contribution in [3.8, 4) is 11.5 Å². The van der Waals surface area contributed by atoms with Crippen molar-refractivity contribution in [2.75, 3.05) is 33.9 Å². The molecule has 0 spiro atoms. The number of benzene rings is 2. The topological polar surface area (TPSA) is 63.9 Å². The highest BCUT2D eigenvalue weighted by Crippen LogP contribution is 2.28. The minimum absolute atomic E-state index is 0.112. The number of aliphatic hydroxyl groups is 1. The number of aromatic nitrogens is 1. The molecular weight excluding hydrogens is 428 g/mol. The first-order chi connectivity index (χ1) is 16.6. The molecule has 2 aromatic carbocycles. The van der Waals surface area contributed by atoms with E-state index < -0.39 is 6.10 Å². The summed E-state index contributed by atoms with van der Waals surface area (Å²) in [4.78, 5) is 15.2. The monoisotopic (exact) mass is 462 g/mol. The molecule has 1 fully saturated rings. The van der Waals surface area contributed by atoms with Crippen molar-refractivity contribution in [2.45, 2.75) is 38.3 Å². The van der Waals surface area contributed by atoms with Gasteiger partial charge in [-0.05, 0) is 62.3 Å². The average molecular weight is 463 g/mol. The normalized spacial score (nSPS) is 16.0. The van der Waals surface area contributed by atoms with Gasteiger partial charge in [-0.15, -0.1) is 0 Å². The number of nitrogens with zero attached hydrogens (tertiary/aromatic N) is 2. The fourth-order valence-electron chi connectivity index (χ4n) is 4.71. The van der Waals surface area contributed by atoms with Gasteiger partial charge in [0.1, 0.15) is 0 Å². The van der Waals surface area contributed by atoms with Crippen molar-refractivity contribution in [1.29, 1.82) is 0 Å². The number of hydrogen-bond donors (Lipinski definition) is 1. The lowest BCUT2D eigenvalue weighted by molar-refractivity contribution is 0.101. The maximum absolute atomic E-state index is 12.8. The number of ketones is 1. The zero-order valence-corrected chi connectivity index (χ0v) is 20.1. The summed E-state index contributed by atoms with van der Waals surface area (Å²) in [6.07, 6.45) is 10.00. The summed E-state index contributed by atoms with van der Waals surface area (Å²) in [5, 5.41) is 11.9. The fraction of sp³-hybridized carbons (Fsp3) is 0.393. The molecule has 6 nitrogen and oxygen atoms in total. The summed E-state index contributed by atoms with van der Waals surface area (Å²) in [5.41, 5.74) is 2.53. The van der Waals surface area contributed by atoms with E-state index in [1.54, 1.807) is 38.5 Å². The number of carbonyl (C=O) groups is 1. The third kappa shape index (κ3) is 5.69. The van der Waals surface area contributed by atoms with Gasteiger partial charge in [0.05, 0.1) is 20.3 Å². The van der Waals surface area contributed by atoms with Crippen LogP contribution in [0.2, 0.25) is 0 Å². The highest BCUT2D eigenvalue weighted by molar-refractivity contribution is 6.08. The molecule has 1 aliphatic heterocycles. The third-order valence-corrected chi connectivity index (χ3v) is 6.48. The Kier molecular flexibility index (Phi) is 8.03. The van der Waals surface area contributed by atoms with Crippen molar-refractivity contribution in [3.63, 3.8) is 0 Å². The number of methoxy groups -OCH3 is 2. The Balaban J connectivity index is 1.51. The first-order valence-corrected chi connectivity index (χ1v) is 12.0. The Labute approximate surface area is 201 Å². The number of allylic oxidation sites excluding steroid dienone is 1. The number of carbonyl (C=O) groups excluding carboxylic acids is 1. The smallest absolute Gasteiger partial charge is 0.185 e. The molecule has 1 aromatic heterocycles. The van der Waals surface area contributed by atoms with Crippen LogP contribution in [0, 0.1) is 0 Å². The van der Waals surface area contributed by atoms with Crippen LogP contribution in [0.4, 0.5) is 0 Å². The van der Waals surface area contributed by atoms with E-state index in [9.17, 15) is 9.90 Å². The first-order valence-electron chi connectivity index (χ1n) is 12.0. The molecule has 0 amide bonds. The highest BCUT2D eigenvalue weighted by atomic mass is 16.5. The number of para-hydroxylation sites is 1. The van der Waals surface area contributed by atoms with Gasteiger partial charge in [-0.1, -0.05) is 31.0 Å². The van der Waals surface area contributed by atoms with E-state index in [1.165, 1.54) is 25.7 Å². The van der Waals surface area contributed by atoms with Crippen molar-refractivity contribution < 1.29 is 19.4 Å². The molecule has 1 saturated heterocycles. The molecule has 3 aromatic rings. The number of fused-ring (bicyclic) bond motifs is 1. The lowest BCUT2D eigenvalue weighted by atomic mass is 10.1. The molecule has 0 saturated carbocycles. The zero-order chi connectivity index (χ0) is 23.9. The molecule has 2 heterocycles. The number of β-amino-alcohol motifs (C(OH)–C–C–N with tert-alkyl or cyclic N) is 1. The number of rotatable bonds is 9. The molecule has 4 rings (SSSR count). The SMILES string of the molecule is COc1ccc(C(=O)/C=C/c2cn(CC(O)CN3CCCCCC3)c3ccccc23)cc1OC. The Bertz CT molecular complexity index is 1140. The summed E-state index contributed by atoms with van der Waals surface area (Å²) < 4.78 is 12.7. The minimum atomic E-state index is -0.445. The number of ether oxygens (including phenoxy) is 2. The zero-order valence-electron chi connectivity index (χ0n) is 20.1. The second kappa shape index (κ2) is 11.4. The largest absolute Gasteiger partial charge is 0.493 e. The summed E-state index contributed by atoms with van der Waals surface area (Å²) in [6, 6.07) is 13.3. The Morgan fingerprint density at radius 1 is 1.00 bits per heavy atom. The van der Waals surface area contributed by atoms with Gasteiger partial charge >= 0.3 is 0 Å². The van der Waals surface area contributed by atoms with E-state index in [2.05, 4.69) is 15.5 Å². The summed E-state index contributed by atoms with van der Waals surface area (Å²) in [6.45, 7) is 3.34. The van der Waals surface area contributed by atoms with Crippen molar-refractivity contribution in [3.05, 3.63) is 65.9 Å². The molecule has 180 valence electrons. The van der Waals surface area contributed by atoms with Crippen LogP contribution in [0.25, 0.3) is 17.0 Å². The molecule has 0 bridgehead atoms. The molecule has 6 heteroatoms. The van der Waals surface area contributed by atoms with Gasteiger partial charge in [0.2, 0.25) is 0 Å². The predicted octanol–water partition coefficient (Wildman–Crippen LogP) is 4.79. The molecule has 1 atom stereocenters. The summed E-state index contributed by atoms with van der Waals surface area (Å²) >= 11 is 0. The Hall–Kier alpha value is -3.09. The number of aliphatic hydroxyl groups excluding tert-OH is 1. The van der Waals surface area contributed by atoms with Gasteiger partial charge in [0, 0.05) is 41.3 Å². The third-order valence-electron chi connectivity index (χ3n) is 6.48. The number of likely N-dealkylation sites (tertiary alicyclic amines) is 1. The van der Waals surface area contributed by atoms with E-state index in [0.717, 1.165) is 29.6 Å². The maximum Gasteiger partial charge on any atom is 0.185 e. The van der Waals surface area contributed by atoms with Crippen LogP contribution in [0.1, 0.15) is 41.6 Å². The number of hydrogen-bond acceptors (Lipinski definition) is 5. The van der Waals surface area contributed by atoms with Gasteiger partial charge in [0.15, 0.2) is 17.3 Å². The van der Waals surface area contributed by atoms with Crippen LogP contribution in [-0.2, 0) is 6.54 Å². The molecule has 1 N–H and O–H groups in total. The lowest BCUT2D eigenvalue weighted by Crippen LogP contribution is -2.35. The van der Waals surface area contributed by atoms with Crippen molar-refractivity contribution >= 4 is 22.8 Å². The quantitative estimate of drug-likeness (QED) is 0.366. The first kappa shape index (κ1) is 24.0. The van der Waals surface area contributed by atoms with Crippen LogP contribution in [-0.4, -0.2) is 60.3 Å². The molecule has 0 aliphatic carbocycles. The van der Waals surface area contributed by atoms with E-state index in [4.69, 9.17) is 9.47 Å². The van der Waals surface area contributed by atoms with E-state index in [0.29, 0.717) is 30.2 Å². The fourth-order valence-corrected chi connectivity index (χ4v) is 4.71. The molecular formula is C28H34N2O4. The average Bonchev–Trinajstić information content (AvgIpc) is 3.01. The second-order valence-electron chi connectivity index (χ2n) is 8.89. The van der Waals surface area contributed by atoms with E-state index in [1.807, 2.05) is 30.5 Å². The standard InChI is InChI=1S/C28H34N2O4/c1-33-27-14-12-21(17-28(27)34-2)26(32)13-11-22-18-30(25-10-6-5-9-24(22)25)20-23(31)19-29-15-7-3-4-8-16-29/h5-6,9-14,17-18,23,31H,3-4,7-8,15-16,19-20H2,1-2H3/b13-11+. The predicted molar refractivity (Wildman–Crippen MR) is 136 cm³/mol. The van der Waals surface area contributed by atoms with Gasteiger partial charge < -0.3 is 24.0 Å². The summed E-state index contributed by atoms with van der Waals surface area (Å²) in [7, 11) is 3.12. The van der Waals surface area contributed by atoms with Gasteiger partial charge in [-0.25, -0.2) is 0 Å². The Morgan fingerprint density at radius 3 is 2.47 bits per heavy atom. The second-order valence-corrected chi connectivity index (χ2v) is 8.89. The maximum atomic E-state index is 12.8. The van der Waals surface area contributed by atoms with Crippen molar-refractivity contribution in [2.24, 2.45) is 0 Å². The Morgan fingerprint density at radius 2 is 1.74 bits per heavy atom. The van der Waals surface area contributed by atoms with Gasteiger partial charge in [0.25, 0.3) is 0 Å². The molecule has 1 unspecified atom stereocenters. The van der Waals surface area contributed by atoms with Crippen LogP contribution >= 0.6 is 0 Å². The van der Waals surface area contributed by atoms with Crippen molar-refractivity contribution in [1.82, 2.24) is 9.47 Å². The van der Waals surface area contributed by atoms with Crippen LogP contribution in [0.3, 0.4) is 0 Å². The summed E-state index contributed by atoms with van der Waals surface area (Å²) in [5.74, 6) is 1.00. The van der Waals surface area contributed by atoms with Crippen LogP contribution < -0.4 is 9.47 Å². The molecule has 34 heavy (non-hydrogen) atoms. The van der Waals surface area contributed by atoms with Crippen LogP contribution in [0.15, 0.2) is 54.7 Å². The van der Waals surface area contributed by atoms with Gasteiger partial charge in [-0.3, -0.25) is 4.79 Å². The van der Waals surface area contributed by atoms with Crippen LogP contribution in [0.5, 0.6) is 11.5 Å². The van der Waals surface area contributed by atoms with E-state index in [-0.39, 0.29) is 5.78 Å². The van der Waals surface area contributed by atoms with E-state index >= 15 is 0 Å². The molecule has 0 radical (unpaired) electrons. The van der Waals surface area contributed by atoms with Gasteiger partial charge in [-0.2, -0.15) is 0 Å². The lowest BCUT2D eigenvalue weighted by Gasteiger charge is -2.23. The molecule has 1 aliphatic rings. The highest BCUT2D eigenvalue weighted by Gasteiger charge is 2.16.